The molecule has 1 aliphatic rings. The molecular weight excluding hydrogens is 378 g/mol. The van der Waals surface area contributed by atoms with E-state index < -0.39 is 0 Å². The quantitative estimate of drug-likeness (QED) is 0.624. The Balaban J connectivity index is 1.66. The van der Waals surface area contributed by atoms with Crippen LogP contribution in [0.25, 0.3) is 0 Å². The second-order valence-corrected chi connectivity index (χ2v) is 7.02. The number of rotatable bonds is 7. The number of hydrogen-bond donors (Lipinski definition) is 1. The monoisotopic (exact) mass is 403 g/mol. The number of ether oxygens (including phenoxy) is 3. The molecule has 0 saturated carbocycles. The third-order valence-corrected chi connectivity index (χ3v) is 4.97. The molecule has 4 rings (SSSR count). The van der Waals surface area contributed by atoms with Gasteiger partial charge in [-0.3, -0.25) is 4.79 Å². The third-order valence-electron chi connectivity index (χ3n) is 4.97. The molecule has 0 radical (unpaired) electrons. The molecule has 5 nitrogen and oxygen atoms in total. The van der Waals surface area contributed by atoms with Gasteiger partial charge in [-0.15, -0.1) is 0 Å². The average molecular weight is 403 g/mol. The van der Waals surface area contributed by atoms with Gasteiger partial charge in [-0.1, -0.05) is 48.5 Å². The van der Waals surface area contributed by atoms with E-state index in [1.54, 1.807) is 12.1 Å². The van der Waals surface area contributed by atoms with E-state index in [1.165, 1.54) is 0 Å². The number of benzene rings is 3. The summed E-state index contributed by atoms with van der Waals surface area (Å²) in [5.41, 5.74) is 3.48. The van der Waals surface area contributed by atoms with E-state index in [2.05, 4.69) is 5.32 Å². The van der Waals surface area contributed by atoms with E-state index >= 15 is 0 Å². The maximum Gasteiger partial charge on any atom is 0.252 e. The molecule has 1 heterocycles. The topological polar surface area (TPSA) is 56.8 Å². The molecule has 1 unspecified atom stereocenters. The van der Waals surface area contributed by atoms with Crippen LogP contribution in [-0.2, 0) is 9.47 Å². The lowest BCUT2D eigenvalue weighted by molar-refractivity contribution is -0.0441. The van der Waals surface area contributed by atoms with Crippen molar-refractivity contribution in [2.24, 2.45) is 0 Å². The molecule has 0 bridgehead atoms. The first-order chi connectivity index (χ1) is 14.7. The summed E-state index contributed by atoms with van der Waals surface area (Å²) < 4.78 is 16.9. The largest absolute Gasteiger partial charge is 0.494 e. The Morgan fingerprint density at radius 3 is 2.40 bits per heavy atom. The zero-order valence-electron chi connectivity index (χ0n) is 16.9. The summed E-state index contributed by atoms with van der Waals surface area (Å²) >= 11 is 0. The predicted octanol–water partition coefficient (Wildman–Crippen LogP) is 4.65. The fourth-order valence-electron chi connectivity index (χ4n) is 3.52. The van der Waals surface area contributed by atoms with Gasteiger partial charge in [-0.25, -0.2) is 0 Å². The summed E-state index contributed by atoms with van der Waals surface area (Å²) in [6, 6.07) is 24.7. The Hall–Kier alpha value is -3.15. The second-order valence-electron chi connectivity index (χ2n) is 7.02. The minimum absolute atomic E-state index is 0.131. The van der Waals surface area contributed by atoms with E-state index in [0.29, 0.717) is 25.4 Å². The second kappa shape index (κ2) is 9.57. The van der Waals surface area contributed by atoms with Crippen LogP contribution in [0.15, 0.2) is 78.9 Å². The Morgan fingerprint density at radius 1 is 0.967 bits per heavy atom. The summed E-state index contributed by atoms with van der Waals surface area (Å²) in [4.78, 5) is 12.9. The van der Waals surface area contributed by atoms with Crippen LogP contribution < -0.4 is 10.1 Å². The summed E-state index contributed by atoms with van der Waals surface area (Å²) in [6.45, 7) is 3.73. The third kappa shape index (κ3) is 4.70. The number of amides is 1. The van der Waals surface area contributed by atoms with Gasteiger partial charge in [0.1, 0.15) is 5.75 Å². The SMILES string of the molecule is CCOc1ccc(C(NC(=O)c2ccccc2)c2cccc(C3OCCO3)c2)cc1. The van der Waals surface area contributed by atoms with Crippen LogP contribution in [0.4, 0.5) is 0 Å². The number of carbonyl (C=O) groups is 1. The molecular formula is C25H25NO4. The first kappa shape index (κ1) is 20.1. The molecule has 1 N–H and O–H groups in total. The van der Waals surface area contributed by atoms with Crippen molar-refractivity contribution in [1.82, 2.24) is 5.32 Å². The van der Waals surface area contributed by atoms with E-state index in [9.17, 15) is 4.79 Å². The Labute approximate surface area is 176 Å². The molecule has 1 amide bonds. The van der Waals surface area contributed by atoms with Crippen LogP contribution in [0.2, 0.25) is 0 Å². The summed E-state index contributed by atoms with van der Waals surface area (Å²) in [5.74, 6) is 0.671. The van der Waals surface area contributed by atoms with Crippen LogP contribution in [0.1, 0.15) is 46.3 Å². The highest BCUT2D eigenvalue weighted by molar-refractivity contribution is 5.94. The lowest BCUT2D eigenvalue weighted by atomic mass is 9.96. The zero-order chi connectivity index (χ0) is 20.8. The highest BCUT2D eigenvalue weighted by atomic mass is 16.7. The van der Waals surface area contributed by atoms with Crippen molar-refractivity contribution >= 4 is 5.91 Å². The first-order valence-corrected chi connectivity index (χ1v) is 10.2. The maximum atomic E-state index is 12.9. The van der Waals surface area contributed by atoms with Crippen LogP contribution in [0, 0.1) is 0 Å². The predicted molar refractivity (Wildman–Crippen MR) is 114 cm³/mol. The highest BCUT2D eigenvalue weighted by Crippen LogP contribution is 2.29. The van der Waals surface area contributed by atoms with Gasteiger partial charge in [0.25, 0.3) is 5.91 Å². The number of hydrogen-bond acceptors (Lipinski definition) is 4. The van der Waals surface area contributed by atoms with Crippen LogP contribution in [-0.4, -0.2) is 25.7 Å². The molecule has 1 atom stereocenters. The van der Waals surface area contributed by atoms with Crippen molar-refractivity contribution in [3.05, 3.63) is 101 Å². The van der Waals surface area contributed by atoms with Crippen molar-refractivity contribution in [2.45, 2.75) is 19.3 Å². The first-order valence-electron chi connectivity index (χ1n) is 10.2. The fraction of sp³-hybridized carbons (Fsp3) is 0.240. The fourth-order valence-corrected chi connectivity index (χ4v) is 3.52. The number of nitrogens with one attached hydrogen (secondary N) is 1. The molecule has 1 aliphatic heterocycles. The van der Waals surface area contributed by atoms with Gasteiger partial charge >= 0.3 is 0 Å². The van der Waals surface area contributed by atoms with Gasteiger partial charge in [-0.05, 0) is 48.4 Å². The van der Waals surface area contributed by atoms with Gasteiger partial charge in [0.2, 0.25) is 0 Å². The van der Waals surface area contributed by atoms with Crippen molar-refractivity contribution < 1.29 is 19.0 Å². The van der Waals surface area contributed by atoms with Crippen molar-refractivity contribution in [3.8, 4) is 5.75 Å². The van der Waals surface area contributed by atoms with Gasteiger partial charge in [0.15, 0.2) is 6.29 Å². The Kier molecular flexibility index (Phi) is 6.42. The molecule has 1 fully saturated rings. The van der Waals surface area contributed by atoms with Crippen molar-refractivity contribution in [2.75, 3.05) is 19.8 Å². The van der Waals surface area contributed by atoms with E-state index in [4.69, 9.17) is 14.2 Å². The standard InChI is InChI=1S/C25H25NO4/c1-2-28-22-13-11-18(12-14-22)23(26-24(27)19-7-4-3-5-8-19)20-9-6-10-21(17-20)25-29-15-16-30-25/h3-14,17,23,25H,2,15-16H2,1H3,(H,26,27). The normalized spacial score (nSPS) is 15.0. The smallest absolute Gasteiger partial charge is 0.252 e. The average Bonchev–Trinajstić information content (AvgIpc) is 3.34. The van der Waals surface area contributed by atoms with Gasteiger partial charge < -0.3 is 19.5 Å². The summed E-state index contributed by atoms with van der Waals surface area (Å²) in [5, 5.41) is 3.17. The summed E-state index contributed by atoms with van der Waals surface area (Å²) in [6.07, 6.45) is -0.365. The molecule has 1 saturated heterocycles. The minimum Gasteiger partial charge on any atom is -0.494 e. The molecule has 5 heteroatoms. The maximum absolute atomic E-state index is 12.9. The Bertz CT molecular complexity index is 966. The van der Waals surface area contributed by atoms with Crippen LogP contribution in [0.3, 0.4) is 0 Å². The van der Waals surface area contributed by atoms with Gasteiger partial charge in [-0.2, -0.15) is 0 Å². The zero-order valence-corrected chi connectivity index (χ0v) is 16.9. The minimum atomic E-state index is -0.365. The lowest BCUT2D eigenvalue weighted by Crippen LogP contribution is -2.29. The molecule has 0 aliphatic carbocycles. The Morgan fingerprint density at radius 2 is 1.70 bits per heavy atom. The van der Waals surface area contributed by atoms with E-state index in [1.807, 2.05) is 73.7 Å². The van der Waals surface area contributed by atoms with Crippen molar-refractivity contribution in [3.63, 3.8) is 0 Å². The molecule has 154 valence electrons. The lowest BCUT2D eigenvalue weighted by Gasteiger charge is -2.22. The van der Waals surface area contributed by atoms with E-state index in [0.717, 1.165) is 22.4 Å². The van der Waals surface area contributed by atoms with Crippen molar-refractivity contribution in [1.29, 1.82) is 0 Å². The van der Waals surface area contributed by atoms with Crippen LogP contribution >= 0.6 is 0 Å². The van der Waals surface area contributed by atoms with Crippen LogP contribution in [0.5, 0.6) is 5.75 Å². The molecule has 0 aromatic heterocycles. The van der Waals surface area contributed by atoms with Gasteiger partial charge in [0, 0.05) is 11.1 Å². The van der Waals surface area contributed by atoms with E-state index in [-0.39, 0.29) is 18.2 Å². The molecule has 3 aromatic carbocycles. The molecule has 30 heavy (non-hydrogen) atoms. The van der Waals surface area contributed by atoms with Gasteiger partial charge in [0.05, 0.1) is 25.9 Å². The number of carbonyl (C=O) groups excluding carboxylic acids is 1. The summed E-state index contributed by atoms with van der Waals surface area (Å²) in [7, 11) is 0. The molecule has 0 spiro atoms. The molecule has 3 aromatic rings. The highest BCUT2D eigenvalue weighted by Gasteiger charge is 2.22.